The summed E-state index contributed by atoms with van der Waals surface area (Å²) in [4.78, 5) is 33.8. The van der Waals surface area contributed by atoms with Crippen LogP contribution in [0.3, 0.4) is 0 Å². The lowest BCUT2D eigenvalue weighted by Crippen LogP contribution is -2.59. The second-order valence-corrected chi connectivity index (χ2v) is 19.3. The first-order valence-electron chi connectivity index (χ1n) is 23.3. The molecule has 346 valence electrons. The van der Waals surface area contributed by atoms with Gasteiger partial charge in [0.15, 0.2) is 18.4 Å². The van der Waals surface area contributed by atoms with Gasteiger partial charge in [0.2, 0.25) is 0 Å². The first-order valence-corrected chi connectivity index (χ1v) is 23.3. The fraction of sp³-hybridized carbons (Fsp3) is 0.792. The van der Waals surface area contributed by atoms with Crippen LogP contribution in [0, 0.1) is 41.3 Å². The summed E-state index contributed by atoms with van der Waals surface area (Å²) in [5, 5.41) is 0. The summed E-state index contributed by atoms with van der Waals surface area (Å²) in [5.74, 6) is -0.737. The van der Waals surface area contributed by atoms with Crippen molar-refractivity contribution in [2.75, 3.05) is 47.4 Å². The third-order valence-corrected chi connectivity index (χ3v) is 15.8. The molecule has 4 saturated heterocycles. The zero-order valence-electron chi connectivity index (χ0n) is 38.4. The summed E-state index contributed by atoms with van der Waals surface area (Å²) in [6, 6.07) is 4.90. The van der Waals surface area contributed by atoms with Crippen molar-refractivity contribution >= 4 is 17.4 Å². The first kappa shape index (κ1) is 45.9. The van der Waals surface area contributed by atoms with Crippen molar-refractivity contribution in [3.05, 3.63) is 35.7 Å². The van der Waals surface area contributed by atoms with Crippen LogP contribution in [0.15, 0.2) is 29.8 Å². The molecular formula is C48H71FN2O11. The molecule has 19 atom stereocenters. The molecule has 0 radical (unpaired) electrons. The maximum Gasteiger partial charge on any atom is 0.306 e. The van der Waals surface area contributed by atoms with Crippen LogP contribution in [-0.4, -0.2) is 139 Å². The molecule has 8 rings (SSSR count). The lowest BCUT2D eigenvalue weighted by Gasteiger charge is -2.44. The summed E-state index contributed by atoms with van der Waals surface area (Å²) in [6.07, 6.45) is 4.82. The van der Waals surface area contributed by atoms with Gasteiger partial charge in [-0.05, 0) is 121 Å². The molecule has 1 aromatic rings. The van der Waals surface area contributed by atoms with E-state index in [1.807, 2.05) is 13.8 Å². The molecule has 0 spiro atoms. The Bertz CT molecular complexity index is 1780. The topological polar surface area (TPSA) is 123 Å². The van der Waals surface area contributed by atoms with Crippen LogP contribution in [-0.2, 0) is 47.5 Å². The number of allylic oxidation sites excluding steroid dienone is 2. The Balaban J connectivity index is 1.13. The molecule has 3 aliphatic carbocycles. The van der Waals surface area contributed by atoms with Crippen molar-refractivity contribution in [1.29, 1.82) is 0 Å². The van der Waals surface area contributed by atoms with Crippen molar-refractivity contribution in [3.8, 4) is 5.75 Å². The molecule has 7 aliphatic rings. The zero-order chi connectivity index (χ0) is 44.1. The number of rotatable bonds is 11. The van der Waals surface area contributed by atoms with Crippen LogP contribution >= 0.6 is 0 Å². The quantitative estimate of drug-likeness (QED) is 0.182. The van der Waals surface area contributed by atoms with Crippen LogP contribution in [0.5, 0.6) is 5.75 Å². The van der Waals surface area contributed by atoms with E-state index < -0.39 is 36.6 Å². The van der Waals surface area contributed by atoms with Gasteiger partial charge in [0.1, 0.15) is 36.0 Å². The summed E-state index contributed by atoms with van der Waals surface area (Å²) < 4.78 is 71.4. The van der Waals surface area contributed by atoms with Crippen LogP contribution in [0.25, 0.3) is 0 Å². The van der Waals surface area contributed by atoms with E-state index in [4.69, 9.17) is 42.6 Å². The van der Waals surface area contributed by atoms with E-state index in [0.29, 0.717) is 42.3 Å². The molecule has 13 nitrogen and oxygen atoms in total. The highest BCUT2D eigenvalue weighted by Crippen LogP contribution is 2.65. The van der Waals surface area contributed by atoms with Crippen molar-refractivity contribution < 1.29 is 56.6 Å². The van der Waals surface area contributed by atoms with Crippen LogP contribution in [0.4, 0.5) is 10.1 Å². The summed E-state index contributed by atoms with van der Waals surface area (Å²) in [6.45, 7) is 8.10. The minimum absolute atomic E-state index is 0.00890. The number of carbonyl (C=O) groups is 2. The number of anilines is 1. The second kappa shape index (κ2) is 19.0. The third-order valence-electron chi connectivity index (χ3n) is 15.8. The summed E-state index contributed by atoms with van der Waals surface area (Å²) in [7, 11) is 10.7. The Hall–Kier alpha value is -2.69. The van der Waals surface area contributed by atoms with Crippen LogP contribution < -0.4 is 9.64 Å². The highest BCUT2D eigenvalue weighted by molar-refractivity contribution is 5.99. The standard InChI is InChI=1S/C48H71FN2O11/c1-11-28-13-12-14-37(62-40-18-16-35(50(5)6)25(3)58-40)24(2)44(53)34-22-31-30-20-29(61-48-47(57-10)46(56-9)45(55-8)26(4)59-48)21-33(30)42-43(41(31)32(34)23-39(52)60-28)51(42)36-19-27(49)15-17-38(36)54-7/h15,17,19,22,24-26,28-33,35,37,40-43,45-48H,11-14,16,18,20-21,23H2,1-10H3/t24-,25-,26+,28+,29+,30+,31+,32-,33-,35+,37+,40+,41-,42+,43-,45+,46-,47-,48+,51?/m1/s1. The van der Waals surface area contributed by atoms with Gasteiger partial charge in [-0.1, -0.05) is 19.9 Å². The predicted molar refractivity (Wildman–Crippen MR) is 228 cm³/mol. The maximum absolute atomic E-state index is 15.2. The third kappa shape index (κ3) is 8.61. The van der Waals surface area contributed by atoms with Gasteiger partial charge in [0.05, 0.1) is 55.7 Å². The largest absolute Gasteiger partial charge is 0.495 e. The number of halogens is 1. The highest BCUT2D eigenvalue weighted by Gasteiger charge is 2.69. The number of nitrogens with zero attached hydrogens (tertiary/aromatic N) is 2. The number of cyclic esters (lactones) is 1. The Morgan fingerprint density at radius 3 is 2.27 bits per heavy atom. The van der Waals surface area contributed by atoms with Crippen molar-refractivity contribution in [2.24, 2.45) is 35.5 Å². The SMILES string of the molecule is CC[C@H]1CCC[C@H](O[C@H]2CC[C@H](N(C)C)[C@@H](C)O2)[C@@H](C)C(=O)C2=C[C@H]3[C@@H]4C[C@H](O[C@@H]5O[C@@H](C)[C@H](OC)[C@@H](OC)[C@H]5OC)C[C@H]4[C@H]4[C@@H]([C@H]3[C@@H]2CC(=O)O1)N4c1cc(F)ccc1OC. The average molecular weight is 871 g/mol. The Labute approximate surface area is 367 Å². The van der Waals surface area contributed by atoms with Crippen LogP contribution in [0.1, 0.15) is 85.5 Å². The molecule has 6 fully saturated rings. The molecular weight excluding hydrogens is 800 g/mol. The number of ether oxygens (including phenoxy) is 9. The monoisotopic (exact) mass is 871 g/mol. The number of esters is 1. The van der Waals surface area contributed by atoms with Crippen molar-refractivity contribution in [3.63, 3.8) is 0 Å². The van der Waals surface area contributed by atoms with Gasteiger partial charge in [-0.15, -0.1) is 0 Å². The number of hydrogen-bond donors (Lipinski definition) is 0. The fourth-order valence-corrected chi connectivity index (χ4v) is 12.8. The van der Waals surface area contributed by atoms with E-state index >= 15 is 9.18 Å². The first-order chi connectivity index (χ1) is 29.8. The molecule has 14 heteroatoms. The number of likely N-dealkylation sites (N-methyl/N-ethyl adjacent to an activating group) is 1. The number of benzene rings is 1. The molecule has 2 saturated carbocycles. The highest BCUT2D eigenvalue weighted by atomic mass is 19.1. The lowest BCUT2D eigenvalue weighted by molar-refractivity contribution is -0.314. The molecule has 62 heavy (non-hydrogen) atoms. The number of methoxy groups -OCH3 is 4. The van der Waals surface area contributed by atoms with Gasteiger partial charge in [-0.2, -0.15) is 0 Å². The van der Waals surface area contributed by atoms with Gasteiger partial charge in [0, 0.05) is 45.3 Å². The van der Waals surface area contributed by atoms with Crippen LogP contribution in [0.2, 0.25) is 0 Å². The van der Waals surface area contributed by atoms with Gasteiger partial charge in [-0.25, -0.2) is 4.39 Å². The second-order valence-electron chi connectivity index (χ2n) is 19.3. The average Bonchev–Trinajstić information content (AvgIpc) is 3.65. The van der Waals surface area contributed by atoms with E-state index in [0.717, 1.165) is 32.1 Å². The number of fused-ring (bicyclic) bond motifs is 8. The molecule has 4 aliphatic heterocycles. The Kier molecular flexibility index (Phi) is 14.1. The number of carbonyl (C=O) groups excluding carboxylic acids is 2. The summed E-state index contributed by atoms with van der Waals surface area (Å²) >= 11 is 0. The zero-order valence-corrected chi connectivity index (χ0v) is 38.4. The van der Waals surface area contributed by atoms with E-state index in [-0.39, 0.29) is 96.4 Å². The van der Waals surface area contributed by atoms with E-state index in [9.17, 15) is 4.79 Å². The molecule has 0 unspecified atom stereocenters. The lowest BCUT2D eigenvalue weighted by atomic mass is 9.66. The molecule has 1 aromatic carbocycles. The van der Waals surface area contributed by atoms with Gasteiger partial charge >= 0.3 is 5.97 Å². The fourth-order valence-electron chi connectivity index (χ4n) is 12.8. The van der Waals surface area contributed by atoms with Crippen molar-refractivity contribution in [1.82, 2.24) is 4.90 Å². The van der Waals surface area contributed by atoms with Gasteiger partial charge < -0.3 is 52.4 Å². The van der Waals surface area contributed by atoms with Gasteiger partial charge in [0.25, 0.3) is 0 Å². The van der Waals surface area contributed by atoms with Gasteiger partial charge in [-0.3, -0.25) is 9.59 Å². The van der Waals surface area contributed by atoms with E-state index in [2.05, 4.69) is 43.8 Å². The maximum atomic E-state index is 15.2. The smallest absolute Gasteiger partial charge is 0.306 e. The number of hydrogen-bond acceptors (Lipinski definition) is 13. The summed E-state index contributed by atoms with van der Waals surface area (Å²) in [5.41, 5.74) is 1.38. The minimum Gasteiger partial charge on any atom is -0.495 e. The molecule has 0 aromatic heterocycles. The molecule has 0 N–H and O–H groups in total. The number of ketones is 1. The van der Waals surface area contributed by atoms with Crippen molar-refractivity contribution in [2.45, 2.75) is 165 Å². The Morgan fingerprint density at radius 2 is 1.60 bits per heavy atom. The molecule has 4 heterocycles. The minimum atomic E-state index is -0.691. The molecule has 0 bridgehead atoms. The predicted octanol–water partition coefficient (Wildman–Crippen LogP) is 6.34. The number of Topliss-reactive ketones (excluding diaryl/α,β-unsaturated/α-hetero) is 1. The van der Waals surface area contributed by atoms with E-state index in [1.165, 1.54) is 6.07 Å². The Morgan fingerprint density at radius 1 is 0.855 bits per heavy atom. The molecule has 0 amide bonds. The van der Waals surface area contributed by atoms with E-state index in [1.54, 1.807) is 40.6 Å². The normalized spacial score (nSPS) is 43.4.